The summed E-state index contributed by atoms with van der Waals surface area (Å²) in [4.78, 5) is 37.4. The van der Waals surface area contributed by atoms with Crippen molar-refractivity contribution in [1.82, 2.24) is 0 Å². The van der Waals surface area contributed by atoms with Crippen molar-refractivity contribution in [3.63, 3.8) is 0 Å². The summed E-state index contributed by atoms with van der Waals surface area (Å²) < 4.78 is 22.9. The molecular formula is C71H120NO8+. The van der Waals surface area contributed by atoms with Gasteiger partial charge in [0.1, 0.15) is 13.2 Å². The quantitative estimate of drug-likeness (QED) is 0.0211. The van der Waals surface area contributed by atoms with Gasteiger partial charge in [-0.25, -0.2) is 4.79 Å². The molecule has 0 bridgehead atoms. The second kappa shape index (κ2) is 60.8. The van der Waals surface area contributed by atoms with E-state index in [2.05, 4.69) is 135 Å². The molecule has 0 fully saturated rings. The smallest absolute Gasteiger partial charge is 0.361 e. The average Bonchev–Trinajstić information content (AvgIpc) is 3.43. The van der Waals surface area contributed by atoms with Crippen molar-refractivity contribution in [2.45, 2.75) is 264 Å². The number of aliphatic carboxylic acids is 1. The summed E-state index contributed by atoms with van der Waals surface area (Å²) >= 11 is 0. The number of hydrogen-bond acceptors (Lipinski definition) is 7. The van der Waals surface area contributed by atoms with Gasteiger partial charge in [-0.2, -0.15) is 0 Å². The van der Waals surface area contributed by atoms with Crippen LogP contribution in [0.4, 0.5) is 0 Å². The molecule has 0 saturated carbocycles. The van der Waals surface area contributed by atoms with Gasteiger partial charge in [-0.1, -0.05) is 270 Å². The molecule has 9 heteroatoms. The number of carboxylic acid groups (broad SMARTS) is 1. The first kappa shape index (κ1) is 75.7. The van der Waals surface area contributed by atoms with Crippen LogP contribution < -0.4 is 0 Å². The maximum absolute atomic E-state index is 12.9. The highest BCUT2D eigenvalue weighted by Gasteiger charge is 2.25. The summed E-state index contributed by atoms with van der Waals surface area (Å²) in [5.74, 6) is -2.01. The minimum atomic E-state index is -1.51. The standard InChI is InChI=1S/C71H119NO8/c1-6-8-10-12-14-16-18-20-22-23-24-25-26-27-28-29-30-31-32-33-34-35-36-37-38-39-40-41-42-43-44-45-46-47-48-50-52-54-56-58-60-62-69(74)80-67(66-79-71(70(75)76)77-64-63-72(3,4)5)65-78-68(73)61-59-57-55-53-51-49-21-19-17-15-13-11-9-7-2/h8,10,14,16,20,22,24-25,27-28,30-31,33-34,36-37,39-40,42-43,67,71H,6-7,9,11-13,15,17-19,21,23,26,29,32,35,38,41,44-66H2,1-5H3/p+1/b10-8-,16-14-,22-20-,25-24-,28-27-,31-30-,34-33-,37-36-,40-39-,43-42-. The molecule has 0 aliphatic rings. The van der Waals surface area contributed by atoms with Crippen LogP contribution >= 0.6 is 0 Å². The molecule has 9 nitrogen and oxygen atoms in total. The third kappa shape index (κ3) is 61.3. The lowest BCUT2D eigenvalue weighted by atomic mass is 10.0. The lowest BCUT2D eigenvalue weighted by Gasteiger charge is -2.25. The third-order valence-corrected chi connectivity index (χ3v) is 13.5. The highest BCUT2D eigenvalue weighted by Crippen LogP contribution is 2.16. The fourth-order valence-electron chi connectivity index (χ4n) is 8.57. The van der Waals surface area contributed by atoms with Gasteiger partial charge >= 0.3 is 17.9 Å². The van der Waals surface area contributed by atoms with Crippen LogP contribution in [0.3, 0.4) is 0 Å². The molecule has 0 aromatic carbocycles. The molecule has 0 heterocycles. The van der Waals surface area contributed by atoms with E-state index in [1.807, 2.05) is 21.1 Å². The second-order valence-electron chi connectivity index (χ2n) is 22.3. The molecule has 0 saturated heterocycles. The number of likely N-dealkylation sites (N-methyl/N-ethyl adjacent to an activating group) is 1. The Morgan fingerprint density at radius 2 is 0.713 bits per heavy atom. The Balaban J connectivity index is 4.12. The molecule has 2 unspecified atom stereocenters. The number of hydrogen-bond donors (Lipinski definition) is 1. The van der Waals surface area contributed by atoms with E-state index in [1.54, 1.807) is 0 Å². The van der Waals surface area contributed by atoms with E-state index in [1.165, 1.54) is 109 Å². The van der Waals surface area contributed by atoms with Gasteiger partial charge in [0.2, 0.25) is 0 Å². The van der Waals surface area contributed by atoms with E-state index in [9.17, 15) is 19.5 Å². The van der Waals surface area contributed by atoms with Gasteiger partial charge in [-0.15, -0.1) is 0 Å². The van der Waals surface area contributed by atoms with Crippen LogP contribution in [0.15, 0.2) is 122 Å². The van der Waals surface area contributed by atoms with Crippen molar-refractivity contribution in [2.24, 2.45) is 0 Å². The van der Waals surface area contributed by atoms with Crippen LogP contribution in [0.1, 0.15) is 251 Å². The SMILES string of the molecule is CC/C=C\C/C=C\C/C=C\C/C=C\C/C=C\C/C=C\C/C=C\C/C=C\C/C=C\C/C=C\CCCCCCCCCCCCC(=O)OC(COC(=O)CCCCCCCCCCCCCCCC)COC(OCC[N+](C)(C)C)C(=O)O. The molecule has 0 rings (SSSR count). The molecular weight excluding hydrogens is 995 g/mol. The zero-order valence-electron chi connectivity index (χ0n) is 51.9. The van der Waals surface area contributed by atoms with Gasteiger partial charge in [0.05, 0.1) is 34.4 Å². The maximum atomic E-state index is 12.9. The lowest BCUT2D eigenvalue weighted by Crippen LogP contribution is -2.40. The Hall–Kier alpha value is -4.31. The molecule has 0 radical (unpaired) electrons. The molecule has 0 amide bonds. The van der Waals surface area contributed by atoms with Gasteiger partial charge in [0.25, 0.3) is 6.29 Å². The van der Waals surface area contributed by atoms with Crippen LogP contribution in [-0.2, 0) is 33.3 Å². The van der Waals surface area contributed by atoms with E-state index >= 15 is 0 Å². The Morgan fingerprint density at radius 3 is 1.06 bits per heavy atom. The molecule has 2 atom stereocenters. The van der Waals surface area contributed by atoms with Gasteiger partial charge in [-0.3, -0.25) is 9.59 Å². The topological polar surface area (TPSA) is 108 Å². The van der Waals surface area contributed by atoms with Gasteiger partial charge in [0, 0.05) is 12.8 Å². The summed E-state index contributed by atoms with van der Waals surface area (Å²) in [6, 6.07) is 0. The molecule has 0 spiro atoms. The van der Waals surface area contributed by atoms with Crippen molar-refractivity contribution in [3.05, 3.63) is 122 Å². The fourth-order valence-corrected chi connectivity index (χ4v) is 8.57. The molecule has 0 aromatic rings. The van der Waals surface area contributed by atoms with Crippen LogP contribution in [0.2, 0.25) is 0 Å². The van der Waals surface area contributed by atoms with Crippen LogP contribution in [0, 0.1) is 0 Å². The molecule has 0 aliphatic carbocycles. The van der Waals surface area contributed by atoms with E-state index in [0.29, 0.717) is 23.9 Å². The summed E-state index contributed by atoms with van der Waals surface area (Å²) in [6.07, 6.45) is 82.9. The van der Waals surface area contributed by atoms with Gasteiger partial charge in [0.15, 0.2) is 6.10 Å². The summed E-state index contributed by atoms with van der Waals surface area (Å²) in [6.45, 7) is 4.76. The monoisotopic (exact) mass is 1110 g/mol. The van der Waals surface area contributed by atoms with Crippen LogP contribution in [0.5, 0.6) is 0 Å². The first-order chi connectivity index (χ1) is 39.1. The number of unbranched alkanes of at least 4 members (excludes halogenated alkanes) is 23. The van der Waals surface area contributed by atoms with Crippen molar-refractivity contribution >= 4 is 17.9 Å². The number of ether oxygens (including phenoxy) is 4. The van der Waals surface area contributed by atoms with Crippen molar-refractivity contribution in [3.8, 4) is 0 Å². The number of esters is 2. The number of carboxylic acids is 1. The fraction of sp³-hybridized carbons (Fsp3) is 0.676. The predicted molar refractivity (Wildman–Crippen MR) is 341 cm³/mol. The Labute approximate surface area is 491 Å². The predicted octanol–water partition coefficient (Wildman–Crippen LogP) is 19.6. The normalized spacial score (nSPS) is 13.6. The molecule has 80 heavy (non-hydrogen) atoms. The number of carbonyl (C=O) groups is 3. The van der Waals surface area contributed by atoms with E-state index < -0.39 is 24.3 Å². The highest BCUT2D eigenvalue weighted by molar-refractivity contribution is 5.71. The van der Waals surface area contributed by atoms with E-state index in [0.717, 1.165) is 109 Å². The molecule has 456 valence electrons. The minimum absolute atomic E-state index is 0.183. The first-order valence-corrected chi connectivity index (χ1v) is 32.2. The van der Waals surface area contributed by atoms with Crippen molar-refractivity contribution < 1.29 is 42.9 Å². The van der Waals surface area contributed by atoms with E-state index in [4.69, 9.17) is 18.9 Å². The minimum Gasteiger partial charge on any atom is -0.477 e. The molecule has 0 aromatic heterocycles. The Morgan fingerprint density at radius 1 is 0.388 bits per heavy atom. The molecule has 0 aliphatic heterocycles. The van der Waals surface area contributed by atoms with Gasteiger partial charge in [-0.05, 0) is 89.9 Å². The van der Waals surface area contributed by atoms with Gasteiger partial charge < -0.3 is 28.5 Å². The second-order valence-corrected chi connectivity index (χ2v) is 22.3. The largest absolute Gasteiger partial charge is 0.477 e. The Kier molecular flexibility index (Phi) is 57.5. The number of carbonyl (C=O) groups excluding carboxylic acids is 2. The first-order valence-electron chi connectivity index (χ1n) is 32.2. The Bertz CT molecular complexity index is 1730. The number of quaternary nitrogens is 1. The third-order valence-electron chi connectivity index (χ3n) is 13.5. The van der Waals surface area contributed by atoms with Crippen LogP contribution in [0.25, 0.3) is 0 Å². The van der Waals surface area contributed by atoms with E-state index in [-0.39, 0.29) is 32.2 Å². The van der Waals surface area contributed by atoms with Crippen LogP contribution in [-0.4, -0.2) is 87.4 Å². The summed E-state index contributed by atoms with van der Waals surface area (Å²) in [5.41, 5.74) is 0. The number of rotatable bonds is 58. The number of nitrogens with zero attached hydrogens (tertiary/aromatic N) is 1. The lowest BCUT2D eigenvalue weighted by molar-refractivity contribution is -0.870. The van der Waals surface area contributed by atoms with Crippen molar-refractivity contribution in [1.29, 1.82) is 0 Å². The zero-order valence-corrected chi connectivity index (χ0v) is 51.9. The number of allylic oxidation sites excluding steroid dienone is 20. The molecule has 1 N–H and O–H groups in total. The summed E-state index contributed by atoms with van der Waals surface area (Å²) in [7, 11) is 5.96. The summed E-state index contributed by atoms with van der Waals surface area (Å²) in [5, 5.41) is 9.71. The maximum Gasteiger partial charge on any atom is 0.361 e. The average molecular weight is 1120 g/mol. The van der Waals surface area contributed by atoms with Crippen molar-refractivity contribution in [2.75, 3.05) is 47.5 Å². The zero-order chi connectivity index (χ0) is 58.3. The highest BCUT2D eigenvalue weighted by atomic mass is 16.7.